The molecule has 0 aromatic heterocycles. The molecule has 0 radical (unpaired) electrons. The van der Waals surface area contributed by atoms with Gasteiger partial charge in [-0.1, -0.05) is 19.1 Å². The number of rotatable bonds is 1. The quantitative estimate of drug-likeness (QED) is 0.601. The smallest absolute Gasteiger partial charge is 0.131 e. The monoisotopic (exact) mass is 196 g/mol. The van der Waals surface area contributed by atoms with Crippen molar-refractivity contribution in [3.63, 3.8) is 0 Å². The summed E-state index contributed by atoms with van der Waals surface area (Å²) in [7, 11) is 0. The maximum atomic E-state index is 8.88. The van der Waals surface area contributed by atoms with E-state index in [4.69, 9.17) is 17.5 Å². The summed E-state index contributed by atoms with van der Waals surface area (Å²) in [5.74, 6) is 0. The molecule has 0 N–H and O–H groups in total. The molecule has 0 aromatic rings. The third-order valence-electron chi connectivity index (χ3n) is 2.12. The van der Waals surface area contributed by atoms with Gasteiger partial charge in [-0.2, -0.15) is 5.26 Å². The fraction of sp³-hybridized carbons (Fsp3) is 0.500. The summed E-state index contributed by atoms with van der Waals surface area (Å²) in [4.78, 5) is 4.11. The maximum absolute atomic E-state index is 8.88. The molecule has 2 aliphatic rings. The van der Waals surface area contributed by atoms with Crippen LogP contribution in [0.2, 0.25) is 0 Å². The molecular formula is C8H8N2S2. The molecule has 0 saturated carbocycles. The van der Waals surface area contributed by atoms with Gasteiger partial charge in [0.25, 0.3) is 0 Å². The summed E-state index contributed by atoms with van der Waals surface area (Å²) in [5.41, 5.74) is 0.795. The molecule has 62 valence electrons. The molecule has 12 heavy (non-hydrogen) atoms. The van der Waals surface area contributed by atoms with Crippen LogP contribution >= 0.6 is 24.0 Å². The van der Waals surface area contributed by atoms with E-state index in [1.165, 1.54) is 4.91 Å². The molecule has 0 aromatic carbocycles. The number of nitrogens with zero attached hydrogens (tertiary/aromatic N) is 2. The number of allylic oxidation sites excluding steroid dienone is 2. The van der Waals surface area contributed by atoms with E-state index in [1.54, 1.807) is 11.8 Å². The largest absolute Gasteiger partial charge is 0.313 e. The first-order valence-electron chi connectivity index (χ1n) is 3.90. The molecule has 2 aliphatic heterocycles. The first-order valence-corrected chi connectivity index (χ1v) is 5.18. The van der Waals surface area contributed by atoms with Crippen LogP contribution in [0.5, 0.6) is 0 Å². The highest BCUT2D eigenvalue weighted by molar-refractivity contribution is 8.04. The zero-order valence-electron chi connectivity index (χ0n) is 6.70. The molecule has 0 bridgehead atoms. The van der Waals surface area contributed by atoms with Crippen molar-refractivity contribution in [2.24, 2.45) is 0 Å². The van der Waals surface area contributed by atoms with Gasteiger partial charge in [-0.25, -0.2) is 0 Å². The molecule has 2 rings (SSSR count). The molecule has 1 fully saturated rings. The van der Waals surface area contributed by atoms with Gasteiger partial charge < -0.3 is 4.90 Å². The predicted molar refractivity (Wildman–Crippen MR) is 53.4 cm³/mol. The maximum Gasteiger partial charge on any atom is 0.131 e. The minimum absolute atomic E-state index is 0.446. The van der Waals surface area contributed by atoms with Gasteiger partial charge in [0, 0.05) is 11.3 Å². The lowest BCUT2D eigenvalue weighted by molar-refractivity contribution is 0.438. The Labute approximate surface area is 81.2 Å². The van der Waals surface area contributed by atoms with E-state index in [1.807, 2.05) is 4.90 Å². The van der Waals surface area contributed by atoms with Crippen molar-refractivity contribution in [3.8, 4) is 6.07 Å². The van der Waals surface area contributed by atoms with Crippen LogP contribution in [-0.2, 0) is 0 Å². The topological polar surface area (TPSA) is 27.0 Å². The molecule has 1 atom stereocenters. The minimum atomic E-state index is 0.446. The number of hydrogen-bond donors (Lipinski definition) is 0. The molecule has 0 amide bonds. The molecule has 1 saturated heterocycles. The zero-order valence-corrected chi connectivity index (χ0v) is 8.34. The highest BCUT2D eigenvalue weighted by Crippen LogP contribution is 2.47. The third kappa shape index (κ3) is 0.900. The lowest BCUT2D eigenvalue weighted by Gasteiger charge is -2.36. The van der Waals surface area contributed by atoms with Crippen molar-refractivity contribution in [1.82, 2.24) is 4.90 Å². The first-order chi connectivity index (χ1) is 5.77. The average molecular weight is 196 g/mol. The Hall–Kier alpha value is -0.530. The second-order valence-electron chi connectivity index (χ2n) is 2.78. The van der Waals surface area contributed by atoms with E-state index in [0.717, 1.165) is 23.5 Å². The Bertz CT molecular complexity index is 314. The minimum Gasteiger partial charge on any atom is -0.313 e. The molecule has 0 aliphatic carbocycles. The Morgan fingerprint density at radius 2 is 2.58 bits per heavy atom. The zero-order chi connectivity index (χ0) is 8.72. The third-order valence-corrected chi connectivity index (χ3v) is 3.90. The van der Waals surface area contributed by atoms with Crippen LogP contribution < -0.4 is 0 Å². The summed E-state index contributed by atoms with van der Waals surface area (Å²) in [6.07, 6.45) is 1.91. The lowest BCUT2D eigenvalue weighted by atomic mass is 10.2. The van der Waals surface area contributed by atoms with Gasteiger partial charge in [-0.05, 0) is 6.42 Å². The van der Waals surface area contributed by atoms with Gasteiger partial charge in [0.15, 0.2) is 0 Å². The van der Waals surface area contributed by atoms with Crippen LogP contribution in [0.1, 0.15) is 19.8 Å². The van der Waals surface area contributed by atoms with Crippen LogP contribution in [-0.4, -0.2) is 15.3 Å². The summed E-state index contributed by atoms with van der Waals surface area (Å²) in [5, 5.41) is 9.33. The van der Waals surface area contributed by atoms with Gasteiger partial charge >= 0.3 is 0 Å². The van der Waals surface area contributed by atoms with Crippen LogP contribution in [0.3, 0.4) is 0 Å². The molecule has 2 heterocycles. The van der Waals surface area contributed by atoms with Gasteiger partial charge in [0.05, 0.1) is 10.4 Å². The van der Waals surface area contributed by atoms with Gasteiger partial charge in [-0.3, -0.25) is 0 Å². The summed E-state index contributed by atoms with van der Waals surface area (Å²) >= 11 is 6.89. The normalized spacial score (nSPS) is 26.8. The second-order valence-corrected chi connectivity index (χ2v) is 4.52. The average Bonchev–Trinajstić information content (AvgIpc) is 2.36. The molecular weight excluding hydrogens is 188 g/mol. The van der Waals surface area contributed by atoms with Crippen LogP contribution in [0.25, 0.3) is 0 Å². The van der Waals surface area contributed by atoms with E-state index in [9.17, 15) is 0 Å². The standard InChI is InChI=1S/C8H8N2S2/c1-2-6-5(4-9)10-7(11)3-8(10)12-6/h8H,2-3H2,1H3/t8-/m0/s1. The summed E-state index contributed by atoms with van der Waals surface area (Å²) in [6.45, 7) is 2.08. The Balaban J connectivity index is 2.32. The summed E-state index contributed by atoms with van der Waals surface area (Å²) in [6, 6.07) is 2.22. The van der Waals surface area contributed by atoms with Crippen molar-refractivity contribution < 1.29 is 0 Å². The molecule has 0 spiro atoms. The fourth-order valence-electron chi connectivity index (χ4n) is 1.47. The van der Waals surface area contributed by atoms with Crippen LogP contribution in [0, 0.1) is 11.3 Å². The van der Waals surface area contributed by atoms with Crippen molar-refractivity contribution in [3.05, 3.63) is 10.6 Å². The van der Waals surface area contributed by atoms with Crippen LogP contribution in [0.15, 0.2) is 10.6 Å². The summed E-state index contributed by atoms with van der Waals surface area (Å²) < 4.78 is 0. The Kier molecular flexibility index (Phi) is 1.85. The second kappa shape index (κ2) is 2.75. The number of hydrogen-bond acceptors (Lipinski definition) is 3. The Morgan fingerprint density at radius 3 is 3.08 bits per heavy atom. The van der Waals surface area contributed by atoms with E-state index in [0.29, 0.717) is 5.37 Å². The predicted octanol–water partition coefficient (Wildman–Crippen LogP) is 2.24. The van der Waals surface area contributed by atoms with Gasteiger partial charge in [0.2, 0.25) is 0 Å². The first kappa shape index (κ1) is 8.09. The number of thiocarbonyl (C=S) groups is 1. The van der Waals surface area contributed by atoms with Crippen molar-refractivity contribution in [1.29, 1.82) is 5.26 Å². The number of fused-ring (bicyclic) bond motifs is 1. The molecule has 0 unspecified atom stereocenters. The van der Waals surface area contributed by atoms with Crippen molar-refractivity contribution in [2.45, 2.75) is 25.1 Å². The number of nitriles is 1. The highest BCUT2D eigenvalue weighted by atomic mass is 32.2. The van der Waals surface area contributed by atoms with Crippen molar-refractivity contribution in [2.75, 3.05) is 0 Å². The van der Waals surface area contributed by atoms with E-state index >= 15 is 0 Å². The molecule has 2 nitrogen and oxygen atoms in total. The highest BCUT2D eigenvalue weighted by Gasteiger charge is 2.42. The fourth-order valence-corrected chi connectivity index (χ4v) is 3.35. The lowest BCUT2D eigenvalue weighted by Crippen LogP contribution is -2.45. The van der Waals surface area contributed by atoms with Gasteiger partial charge in [-0.15, -0.1) is 11.8 Å². The van der Waals surface area contributed by atoms with Crippen LogP contribution in [0.4, 0.5) is 0 Å². The van der Waals surface area contributed by atoms with E-state index in [2.05, 4.69) is 13.0 Å². The number of thioether (sulfide) groups is 1. The SMILES string of the molecule is CCC1=C(C#N)N2C(=S)C[C@@H]2S1. The van der Waals surface area contributed by atoms with E-state index in [-0.39, 0.29) is 0 Å². The van der Waals surface area contributed by atoms with E-state index < -0.39 is 0 Å². The van der Waals surface area contributed by atoms with Gasteiger partial charge in [0.1, 0.15) is 11.8 Å². The molecule has 4 heteroatoms. The van der Waals surface area contributed by atoms with Crippen molar-refractivity contribution >= 4 is 29.0 Å². The Morgan fingerprint density at radius 1 is 1.83 bits per heavy atom.